The lowest BCUT2D eigenvalue weighted by Gasteiger charge is -1.99. The van der Waals surface area contributed by atoms with Crippen molar-refractivity contribution in [3.8, 4) is 6.07 Å². The quantitative estimate of drug-likeness (QED) is 0.405. The lowest BCUT2D eigenvalue weighted by atomic mass is 10.1. The first kappa shape index (κ1) is 9.96. The maximum absolute atomic E-state index is 12.9. The fraction of sp³-hybridized carbons (Fsp3) is 0.125. The highest BCUT2D eigenvalue weighted by Gasteiger charge is 2.09. The molecule has 0 radical (unpaired) electrons. The molecule has 1 aromatic carbocycles. The van der Waals surface area contributed by atoms with Crippen LogP contribution in [0.15, 0.2) is 17.2 Å². The molecule has 0 spiro atoms. The standard InChI is InChI=1S/C8H4F2N4/c9-7-1-5(4-13-14-12)2-8(10)6(7)3-11/h1-2H,4H2. The van der Waals surface area contributed by atoms with Crippen molar-refractivity contribution >= 4 is 0 Å². The van der Waals surface area contributed by atoms with Crippen LogP contribution < -0.4 is 0 Å². The topological polar surface area (TPSA) is 72.5 Å². The van der Waals surface area contributed by atoms with Gasteiger partial charge in [0, 0.05) is 4.91 Å². The van der Waals surface area contributed by atoms with E-state index in [1.165, 1.54) is 6.07 Å². The van der Waals surface area contributed by atoms with E-state index in [0.29, 0.717) is 0 Å². The monoisotopic (exact) mass is 194 g/mol. The smallest absolute Gasteiger partial charge is 0.144 e. The maximum Gasteiger partial charge on any atom is 0.144 e. The molecule has 4 nitrogen and oxygen atoms in total. The van der Waals surface area contributed by atoms with Crippen molar-refractivity contribution in [1.82, 2.24) is 0 Å². The molecule has 0 heterocycles. The molecule has 0 atom stereocenters. The van der Waals surface area contributed by atoms with E-state index in [4.69, 9.17) is 10.8 Å². The van der Waals surface area contributed by atoms with Gasteiger partial charge >= 0.3 is 0 Å². The van der Waals surface area contributed by atoms with Gasteiger partial charge in [0.15, 0.2) is 0 Å². The highest BCUT2D eigenvalue weighted by atomic mass is 19.1. The van der Waals surface area contributed by atoms with Crippen LogP contribution in [-0.2, 0) is 6.54 Å². The Labute approximate surface area is 78.0 Å². The minimum absolute atomic E-state index is 0.143. The number of rotatable bonds is 2. The number of hydrogen-bond donors (Lipinski definition) is 0. The number of azide groups is 1. The minimum Gasteiger partial charge on any atom is -0.205 e. The highest BCUT2D eigenvalue weighted by molar-refractivity contribution is 5.35. The summed E-state index contributed by atoms with van der Waals surface area (Å²) in [6, 6.07) is 3.33. The van der Waals surface area contributed by atoms with Crippen LogP contribution in [0.2, 0.25) is 0 Å². The van der Waals surface area contributed by atoms with E-state index < -0.39 is 17.2 Å². The van der Waals surface area contributed by atoms with E-state index in [-0.39, 0.29) is 12.1 Å². The summed E-state index contributed by atoms with van der Waals surface area (Å²) in [4.78, 5) is 2.45. The summed E-state index contributed by atoms with van der Waals surface area (Å²) < 4.78 is 25.9. The predicted octanol–water partition coefficient (Wildman–Crippen LogP) is 2.65. The molecule has 0 bridgehead atoms. The number of halogens is 2. The third-order valence-corrected chi connectivity index (χ3v) is 1.53. The van der Waals surface area contributed by atoms with E-state index >= 15 is 0 Å². The average molecular weight is 194 g/mol. The summed E-state index contributed by atoms with van der Waals surface area (Å²) in [7, 11) is 0. The largest absolute Gasteiger partial charge is 0.205 e. The summed E-state index contributed by atoms with van der Waals surface area (Å²) in [5.74, 6) is -1.90. The summed E-state index contributed by atoms with van der Waals surface area (Å²) in [5, 5.41) is 11.5. The first-order valence-electron chi connectivity index (χ1n) is 3.58. The van der Waals surface area contributed by atoms with Gasteiger partial charge in [-0.2, -0.15) is 5.26 Å². The van der Waals surface area contributed by atoms with Gasteiger partial charge < -0.3 is 0 Å². The molecule has 6 heteroatoms. The van der Waals surface area contributed by atoms with Crippen molar-refractivity contribution in [1.29, 1.82) is 5.26 Å². The predicted molar refractivity (Wildman–Crippen MR) is 43.9 cm³/mol. The second-order valence-electron chi connectivity index (χ2n) is 2.44. The fourth-order valence-corrected chi connectivity index (χ4v) is 0.937. The minimum atomic E-state index is -0.948. The SMILES string of the molecule is N#Cc1c(F)cc(CN=[N+]=[N-])cc1F. The van der Waals surface area contributed by atoms with Gasteiger partial charge in [-0.05, 0) is 23.2 Å². The Bertz CT molecular complexity index is 420. The third kappa shape index (κ3) is 1.97. The molecule has 0 aliphatic carbocycles. The molecule has 0 saturated heterocycles. The molecule has 70 valence electrons. The van der Waals surface area contributed by atoms with Crippen LogP contribution >= 0.6 is 0 Å². The molecule has 0 fully saturated rings. The van der Waals surface area contributed by atoms with Gasteiger partial charge in [0.25, 0.3) is 0 Å². The van der Waals surface area contributed by atoms with Crippen LogP contribution in [0.4, 0.5) is 8.78 Å². The van der Waals surface area contributed by atoms with Crippen molar-refractivity contribution in [3.63, 3.8) is 0 Å². The van der Waals surface area contributed by atoms with E-state index in [0.717, 1.165) is 12.1 Å². The van der Waals surface area contributed by atoms with Gasteiger partial charge in [-0.25, -0.2) is 8.78 Å². The Kier molecular flexibility index (Phi) is 3.00. The van der Waals surface area contributed by atoms with Gasteiger partial charge in [0.05, 0.1) is 6.54 Å². The van der Waals surface area contributed by atoms with E-state index in [1.54, 1.807) is 0 Å². The summed E-state index contributed by atoms with van der Waals surface area (Å²) >= 11 is 0. The zero-order chi connectivity index (χ0) is 10.6. The van der Waals surface area contributed by atoms with Crippen molar-refractivity contribution in [2.75, 3.05) is 0 Å². The maximum atomic E-state index is 12.9. The molecule has 0 aromatic heterocycles. The van der Waals surface area contributed by atoms with E-state index in [9.17, 15) is 8.78 Å². The van der Waals surface area contributed by atoms with Crippen LogP contribution in [-0.4, -0.2) is 0 Å². The normalized spacial score (nSPS) is 8.93. The van der Waals surface area contributed by atoms with Crippen molar-refractivity contribution in [2.24, 2.45) is 5.11 Å². The lowest BCUT2D eigenvalue weighted by Crippen LogP contribution is -1.93. The number of nitrogens with zero attached hydrogens (tertiary/aromatic N) is 4. The Morgan fingerprint density at radius 3 is 2.43 bits per heavy atom. The summed E-state index contributed by atoms with van der Waals surface area (Å²) in [6.07, 6.45) is 0. The second-order valence-corrected chi connectivity index (χ2v) is 2.44. The molecule has 14 heavy (non-hydrogen) atoms. The third-order valence-electron chi connectivity index (χ3n) is 1.53. The van der Waals surface area contributed by atoms with Gasteiger partial charge in [-0.3, -0.25) is 0 Å². The Morgan fingerprint density at radius 1 is 1.43 bits per heavy atom. The number of benzene rings is 1. The fourth-order valence-electron chi connectivity index (χ4n) is 0.937. The molecule has 0 unspecified atom stereocenters. The zero-order valence-electron chi connectivity index (χ0n) is 6.91. The van der Waals surface area contributed by atoms with Crippen LogP contribution in [0.1, 0.15) is 11.1 Å². The highest BCUT2D eigenvalue weighted by Crippen LogP contribution is 2.15. The van der Waals surface area contributed by atoms with Gasteiger partial charge in [0.1, 0.15) is 23.3 Å². The Morgan fingerprint density at radius 2 is 2.00 bits per heavy atom. The molecular formula is C8H4F2N4. The van der Waals surface area contributed by atoms with Crippen LogP contribution in [0, 0.1) is 23.0 Å². The number of hydrogen-bond acceptors (Lipinski definition) is 2. The van der Waals surface area contributed by atoms with Crippen molar-refractivity contribution < 1.29 is 8.78 Å². The van der Waals surface area contributed by atoms with Crippen molar-refractivity contribution in [2.45, 2.75) is 6.54 Å². The van der Waals surface area contributed by atoms with Crippen LogP contribution in [0.3, 0.4) is 0 Å². The summed E-state index contributed by atoms with van der Waals surface area (Å²) in [6.45, 7) is -0.143. The average Bonchev–Trinajstić information content (AvgIpc) is 2.14. The molecule has 0 aliphatic rings. The van der Waals surface area contributed by atoms with Gasteiger partial charge in [-0.15, -0.1) is 0 Å². The van der Waals surface area contributed by atoms with Crippen molar-refractivity contribution in [3.05, 3.63) is 45.3 Å². The molecular weight excluding hydrogens is 190 g/mol. The molecule has 0 amide bonds. The first-order valence-corrected chi connectivity index (χ1v) is 3.58. The van der Waals surface area contributed by atoms with Crippen LogP contribution in [0.5, 0.6) is 0 Å². The second kappa shape index (κ2) is 4.21. The molecule has 1 rings (SSSR count). The number of nitriles is 1. The molecule has 0 saturated carbocycles. The van der Waals surface area contributed by atoms with Gasteiger partial charge in [0.2, 0.25) is 0 Å². The lowest BCUT2D eigenvalue weighted by molar-refractivity contribution is 0.573. The Balaban J connectivity index is 3.15. The van der Waals surface area contributed by atoms with Gasteiger partial charge in [-0.1, -0.05) is 5.11 Å². The van der Waals surface area contributed by atoms with E-state index in [1.807, 2.05) is 0 Å². The summed E-state index contributed by atoms with van der Waals surface area (Å²) in [5.41, 5.74) is 7.55. The zero-order valence-corrected chi connectivity index (χ0v) is 6.91. The first-order chi connectivity index (χ1) is 6.69. The molecule has 0 aliphatic heterocycles. The molecule has 1 aromatic rings. The van der Waals surface area contributed by atoms with E-state index in [2.05, 4.69) is 10.0 Å². The Hall–Kier alpha value is -2.12. The van der Waals surface area contributed by atoms with Crippen LogP contribution in [0.25, 0.3) is 10.4 Å². The molecule has 0 N–H and O–H groups in total.